The smallest absolute Gasteiger partial charge is 0.309 e. The van der Waals surface area contributed by atoms with Gasteiger partial charge in [0.05, 0.1) is 36.7 Å². The van der Waals surface area contributed by atoms with Gasteiger partial charge in [-0.25, -0.2) is 0 Å². The molecule has 1 amide bonds. The Morgan fingerprint density at radius 1 is 0.982 bits per heavy atom. The molecule has 9 atom stereocenters. The first-order valence-electron chi connectivity index (χ1n) is 21.7. The summed E-state index contributed by atoms with van der Waals surface area (Å²) in [6, 6.07) is 5.66. The molecule has 4 fully saturated rings. The number of pyridine rings is 1. The van der Waals surface area contributed by atoms with Crippen molar-refractivity contribution in [3.8, 4) is 0 Å². The third-order valence-electron chi connectivity index (χ3n) is 17.4. The Labute approximate surface area is 341 Å². The Kier molecular flexibility index (Phi) is 11.3. The largest absolute Gasteiger partial charge is 0.481 e. The molecule has 1 aromatic rings. The lowest BCUT2D eigenvalue weighted by Crippen LogP contribution is -2.69. The summed E-state index contributed by atoms with van der Waals surface area (Å²) < 4.78 is 6.19. The Morgan fingerprint density at radius 3 is 2.28 bits per heavy atom. The van der Waals surface area contributed by atoms with Crippen molar-refractivity contribution in [3.63, 3.8) is 0 Å². The molecule has 10 heteroatoms. The molecule has 0 aromatic carbocycles. The van der Waals surface area contributed by atoms with E-state index in [9.17, 15) is 29.4 Å². The topological polar surface area (TPSA) is 146 Å². The maximum absolute atomic E-state index is 14.4. The minimum atomic E-state index is -1.19. The van der Waals surface area contributed by atoms with E-state index >= 15 is 0 Å². The third kappa shape index (κ3) is 6.71. The van der Waals surface area contributed by atoms with Crippen molar-refractivity contribution in [2.24, 2.45) is 55.7 Å². The second-order valence-electron chi connectivity index (χ2n) is 21.3. The molecule has 1 aromatic heterocycles. The normalized spacial score (nSPS) is 36.4. The van der Waals surface area contributed by atoms with Crippen LogP contribution in [0.3, 0.4) is 0 Å². The Balaban J connectivity index is 1.33. The van der Waals surface area contributed by atoms with Crippen LogP contribution in [-0.2, 0) is 30.5 Å². The quantitative estimate of drug-likeness (QED) is 0.181. The number of allylic oxidation sites excluding steroid dienone is 1. The molecule has 0 unspecified atom stereocenters. The lowest BCUT2D eigenvalue weighted by Gasteiger charge is -2.75. The number of aliphatic hydroxyl groups is 1. The Bertz CT molecular complexity index is 1790. The zero-order valence-electron chi connectivity index (χ0n) is 36.7. The molecule has 0 radical (unpaired) electrons. The van der Waals surface area contributed by atoms with Crippen LogP contribution in [0.25, 0.3) is 0 Å². The van der Waals surface area contributed by atoms with Crippen LogP contribution in [0.4, 0.5) is 0 Å². The van der Waals surface area contributed by atoms with Crippen LogP contribution in [0.2, 0.25) is 0 Å². The summed E-state index contributed by atoms with van der Waals surface area (Å²) in [4.78, 5) is 59.1. The molecule has 1 heterocycles. The summed E-state index contributed by atoms with van der Waals surface area (Å²) in [5, 5.41) is 25.3. The molecule has 5 aliphatic carbocycles. The van der Waals surface area contributed by atoms with E-state index in [0.717, 1.165) is 56.2 Å². The Morgan fingerprint density at radius 2 is 1.67 bits per heavy atom. The van der Waals surface area contributed by atoms with Crippen molar-refractivity contribution in [2.45, 2.75) is 152 Å². The summed E-state index contributed by atoms with van der Waals surface area (Å²) in [6.45, 7) is 22.4. The SMILES string of the molecule is CNCC(=O)N(Cc1ccccn1)C[C@H](O)[C@@]12CC[C@]3(C)[C@](C)(CC[C@@H]4[C@@]5(C)CC[C@H](OC(=O)CC(C)(C)C(=O)O)C(C)(C)[C@@H]5CC[C@]43C)C1=C(C(C)C)C(=O)C2. The van der Waals surface area contributed by atoms with E-state index < -0.39 is 28.9 Å². The molecule has 0 spiro atoms. The van der Waals surface area contributed by atoms with Crippen molar-refractivity contribution in [1.29, 1.82) is 0 Å². The molecule has 4 saturated carbocycles. The van der Waals surface area contributed by atoms with E-state index in [2.05, 4.69) is 65.7 Å². The summed E-state index contributed by atoms with van der Waals surface area (Å²) in [6.07, 6.45) is 7.82. The highest BCUT2D eigenvalue weighted by Gasteiger charge is 2.74. The lowest BCUT2D eigenvalue weighted by atomic mass is 9.29. The summed E-state index contributed by atoms with van der Waals surface area (Å²) in [7, 11) is 1.75. The van der Waals surface area contributed by atoms with Gasteiger partial charge in [-0.2, -0.15) is 0 Å². The minimum Gasteiger partial charge on any atom is -0.481 e. The second-order valence-corrected chi connectivity index (χ2v) is 21.3. The zero-order valence-corrected chi connectivity index (χ0v) is 36.7. The fraction of sp³-hybridized carbons (Fsp3) is 0.766. The van der Waals surface area contributed by atoms with Crippen molar-refractivity contribution in [3.05, 3.63) is 41.2 Å². The number of hydrogen-bond acceptors (Lipinski definition) is 8. The molecule has 0 saturated heterocycles. The number of nitrogens with zero attached hydrogens (tertiary/aromatic N) is 2. The maximum Gasteiger partial charge on any atom is 0.309 e. The number of hydrogen-bond donors (Lipinski definition) is 3. The predicted octanol–water partition coefficient (Wildman–Crippen LogP) is 7.77. The molecule has 6 rings (SSSR count). The molecular formula is C47H71N3O7. The van der Waals surface area contributed by atoms with Gasteiger partial charge >= 0.3 is 11.9 Å². The van der Waals surface area contributed by atoms with Crippen LogP contribution in [0.1, 0.15) is 139 Å². The molecule has 316 valence electrons. The highest BCUT2D eigenvalue weighted by molar-refractivity contribution is 6.01. The standard InChI is InChI=1S/C47H71N3O7/c1-29(2)38-31(51)24-47(34(52)28-50(36(53)26-48-11)27-30-14-12-13-23-49-30)22-21-46(10)44(8)19-15-32-42(5,6)35(57-37(54)25-41(3,4)40(55)56)17-18-43(32,7)33(44)16-20-45(46,9)39(38)47/h12-14,23,29,32-35,48,52H,15-22,24-28H2,1-11H3,(H,55,56)/t32-,33+,34-,35-,43-,44+,45+,46-,47-/m0/s1. The summed E-state index contributed by atoms with van der Waals surface area (Å²) in [5.41, 5.74) is 0.0343. The average molecular weight is 790 g/mol. The van der Waals surface area contributed by atoms with Crippen molar-refractivity contribution in [2.75, 3.05) is 20.1 Å². The lowest BCUT2D eigenvalue weighted by molar-refractivity contribution is -0.252. The van der Waals surface area contributed by atoms with E-state index in [1.165, 1.54) is 5.57 Å². The molecule has 0 aliphatic heterocycles. The number of likely N-dealkylation sites (N-methyl/N-ethyl adjacent to an activating group) is 1. The Hall–Kier alpha value is -3.11. The van der Waals surface area contributed by atoms with E-state index in [0.29, 0.717) is 18.3 Å². The number of carbonyl (C=O) groups excluding carboxylic acids is 3. The van der Waals surface area contributed by atoms with E-state index in [1.807, 2.05) is 18.2 Å². The third-order valence-corrected chi connectivity index (χ3v) is 17.4. The number of rotatable bonds is 12. The van der Waals surface area contributed by atoms with Crippen LogP contribution in [0, 0.1) is 55.7 Å². The number of carboxylic acid groups (broad SMARTS) is 1. The van der Waals surface area contributed by atoms with Crippen LogP contribution >= 0.6 is 0 Å². The molecule has 0 bridgehead atoms. The summed E-state index contributed by atoms with van der Waals surface area (Å²) >= 11 is 0. The van der Waals surface area contributed by atoms with Gasteiger partial charge in [0.15, 0.2) is 5.78 Å². The number of ketones is 1. The summed E-state index contributed by atoms with van der Waals surface area (Å²) in [5.74, 6) is -0.674. The first-order chi connectivity index (χ1) is 26.4. The van der Waals surface area contributed by atoms with Crippen molar-refractivity contribution >= 4 is 23.6 Å². The van der Waals surface area contributed by atoms with Crippen LogP contribution in [0.15, 0.2) is 35.5 Å². The van der Waals surface area contributed by atoms with Crippen molar-refractivity contribution < 1.29 is 34.1 Å². The van der Waals surface area contributed by atoms with E-state index in [1.54, 1.807) is 32.0 Å². The maximum atomic E-state index is 14.4. The highest BCUT2D eigenvalue weighted by atomic mass is 16.5. The number of amides is 1. The van der Waals surface area contributed by atoms with Gasteiger partial charge in [0.1, 0.15) is 6.10 Å². The first kappa shape index (κ1) is 43.5. The number of carbonyl (C=O) groups is 4. The van der Waals surface area contributed by atoms with E-state index in [4.69, 9.17) is 4.74 Å². The number of fused-ring (bicyclic) bond motifs is 7. The number of esters is 1. The molecule has 10 nitrogen and oxygen atoms in total. The number of ether oxygens (including phenoxy) is 1. The van der Waals surface area contributed by atoms with Crippen molar-refractivity contribution in [1.82, 2.24) is 15.2 Å². The molecule has 5 aliphatic rings. The molecular weight excluding hydrogens is 719 g/mol. The van der Waals surface area contributed by atoms with Gasteiger partial charge in [0.2, 0.25) is 5.91 Å². The fourth-order valence-electron chi connectivity index (χ4n) is 14.0. The molecule has 3 N–H and O–H groups in total. The zero-order chi connectivity index (χ0) is 42.1. The fourth-order valence-corrected chi connectivity index (χ4v) is 14.0. The van der Waals surface area contributed by atoms with Gasteiger partial charge in [-0.15, -0.1) is 0 Å². The van der Waals surface area contributed by atoms with Gasteiger partial charge in [-0.3, -0.25) is 24.2 Å². The van der Waals surface area contributed by atoms with Crippen LogP contribution < -0.4 is 5.32 Å². The minimum absolute atomic E-state index is 0.00145. The number of aliphatic carboxylic acids is 1. The van der Waals surface area contributed by atoms with Gasteiger partial charge in [0, 0.05) is 30.0 Å². The second kappa shape index (κ2) is 14.9. The number of nitrogens with one attached hydrogen (secondary N) is 1. The van der Waals surface area contributed by atoms with Gasteiger partial charge in [0.25, 0.3) is 0 Å². The van der Waals surface area contributed by atoms with Crippen LogP contribution in [-0.4, -0.2) is 76.1 Å². The average Bonchev–Trinajstić information content (AvgIpc) is 3.45. The number of Topliss-reactive ketones (excluding diaryl/α,β-unsaturated/α-hetero) is 1. The number of aromatic nitrogens is 1. The predicted molar refractivity (Wildman–Crippen MR) is 220 cm³/mol. The number of aliphatic hydroxyl groups excluding tert-OH is 1. The monoisotopic (exact) mass is 790 g/mol. The van der Waals surface area contributed by atoms with Gasteiger partial charge < -0.3 is 25.2 Å². The van der Waals surface area contributed by atoms with Gasteiger partial charge in [-0.05, 0) is 135 Å². The molecule has 57 heavy (non-hydrogen) atoms. The van der Waals surface area contributed by atoms with E-state index in [-0.39, 0.29) is 83.3 Å². The van der Waals surface area contributed by atoms with Crippen LogP contribution in [0.5, 0.6) is 0 Å². The highest BCUT2D eigenvalue weighted by Crippen LogP contribution is 2.80. The first-order valence-corrected chi connectivity index (χ1v) is 21.7. The van der Waals surface area contributed by atoms with Gasteiger partial charge in [-0.1, -0.05) is 61.5 Å². The number of carboxylic acids is 1.